The molecule has 1 aromatic carbocycles. The van der Waals surface area contributed by atoms with Crippen LogP contribution < -0.4 is 5.32 Å². The van der Waals surface area contributed by atoms with Gasteiger partial charge in [0, 0.05) is 32.7 Å². The van der Waals surface area contributed by atoms with Crippen molar-refractivity contribution in [2.75, 3.05) is 32.7 Å². The molecule has 2 amide bonds. The van der Waals surface area contributed by atoms with Crippen LogP contribution in [0.15, 0.2) is 18.2 Å². The van der Waals surface area contributed by atoms with Gasteiger partial charge in [0.1, 0.15) is 6.04 Å². The topological polar surface area (TPSA) is 61.9 Å². The molecule has 8 heteroatoms. The third kappa shape index (κ3) is 5.88. The first kappa shape index (κ1) is 23.3. The summed E-state index contributed by atoms with van der Waals surface area (Å²) in [6, 6.07) is 4.26. The molecule has 1 aromatic rings. The van der Waals surface area contributed by atoms with E-state index in [9.17, 15) is 9.59 Å². The molecule has 166 valence electrons. The number of piperidine rings is 1. The third-order valence-corrected chi connectivity index (χ3v) is 6.67. The number of ether oxygens (including phenoxy) is 1. The average Bonchev–Trinajstić information content (AvgIpc) is 2.69. The number of carbonyl (C=O) groups excluding carboxylic acids is 2. The number of likely N-dealkylation sites (tertiary alicyclic amines) is 1. The summed E-state index contributed by atoms with van der Waals surface area (Å²) in [5.74, 6) is 0.129. The predicted octanol–water partition coefficient (Wildman–Crippen LogP) is 3.46. The first-order valence-corrected chi connectivity index (χ1v) is 11.4. The molecule has 0 radical (unpaired) electrons. The number of rotatable bonds is 5. The number of carbonyl (C=O) groups is 2. The van der Waals surface area contributed by atoms with E-state index in [1.165, 1.54) is 0 Å². The highest BCUT2D eigenvalue weighted by Gasteiger charge is 2.30. The lowest BCUT2D eigenvalue weighted by molar-refractivity contribution is -0.134. The molecular weight excluding hydrogens is 425 g/mol. The highest BCUT2D eigenvalue weighted by Crippen LogP contribution is 2.26. The smallest absolute Gasteiger partial charge is 0.253 e. The maximum Gasteiger partial charge on any atom is 0.253 e. The van der Waals surface area contributed by atoms with E-state index in [0.29, 0.717) is 10.9 Å². The van der Waals surface area contributed by atoms with Gasteiger partial charge in [-0.15, -0.1) is 0 Å². The van der Waals surface area contributed by atoms with Gasteiger partial charge in [-0.25, -0.2) is 0 Å². The summed E-state index contributed by atoms with van der Waals surface area (Å²) < 4.78 is 5.81. The number of nitrogens with zero attached hydrogens (tertiary/aromatic N) is 2. The van der Waals surface area contributed by atoms with E-state index in [0.717, 1.165) is 45.6 Å². The van der Waals surface area contributed by atoms with Gasteiger partial charge in [0.2, 0.25) is 5.91 Å². The Labute approximate surface area is 188 Å². The van der Waals surface area contributed by atoms with E-state index in [4.69, 9.17) is 27.9 Å². The molecule has 2 saturated heterocycles. The van der Waals surface area contributed by atoms with Crippen LogP contribution in [0.25, 0.3) is 0 Å². The van der Waals surface area contributed by atoms with E-state index in [1.54, 1.807) is 25.1 Å². The number of amides is 2. The molecule has 0 spiro atoms. The summed E-state index contributed by atoms with van der Waals surface area (Å²) in [5, 5.41) is 3.26. The molecule has 2 fully saturated rings. The molecule has 6 nitrogen and oxygen atoms in total. The van der Waals surface area contributed by atoms with E-state index in [1.807, 2.05) is 4.90 Å². The average molecular weight is 456 g/mol. The van der Waals surface area contributed by atoms with Crippen LogP contribution in [0.3, 0.4) is 0 Å². The molecule has 0 bridgehead atoms. The lowest BCUT2D eigenvalue weighted by Crippen LogP contribution is -2.51. The molecule has 0 aromatic heterocycles. The minimum atomic E-state index is -0.620. The number of morpholine rings is 1. The van der Waals surface area contributed by atoms with Crippen molar-refractivity contribution in [3.63, 3.8) is 0 Å². The van der Waals surface area contributed by atoms with Crippen LogP contribution in [0.4, 0.5) is 0 Å². The fraction of sp³-hybridized carbons (Fsp3) is 0.636. The molecular formula is C22H31Cl2N3O3. The summed E-state index contributed by atoms with van der Waals surface area (Å²) >= 11 is 12.1. The van der Waals surface area contributed by atoms with E-state index < -0.39 is 11.9 Å². The number of hydrogen-bond acceptors (Lipinski definition) is 4. The van der Waals surface area contributed by atoms with Crippen molar-refractivity contribution in [3.05, 3.63) is 33.8 Å². The Morgan fingerprint density at radius 1 is 1.17 bits per heavy atom. The Balaban J connectivity index is 1.47. The molecule has 2 aliphatic rings. The minimum Gasteiger partial charge on any atom is -0.373 e. The summed E-state index contributed by atoms with van der Waals surface area (Å²) in [7, 11) is 0. The standard InChI is InChI=1S/C22H31Cl2N3O3/c1-14-11-26(12-15(2)30-14)13-17-7-9-27(10-8-17)22(29)16(3)25-21(28)18-5-4-6-19(23)20(18)24/h4-6,14-17H,7-13H2,1-3H3,(H,25,28). The maximum absolute atomic E-state index is 12.8. The van der Waals surface area contributed by atoms with Crippen molar-refractivity contribution in [2.45, 2.75) is 51.9 Å². The van der Waals surface area contributed by atoms with Crippen LogP contribution >= 0.6 is 23.2 Å². The van der Waals surface area contributed by atoms with Crippen LogP contribution in [0, 0.1) is 5.92 Å². The summed E-state index contributed by atoms with van der Waals surface area (Å²) in [4.78, 5) is 29.7. The Morgan fingerprint density at radius 3 is 2.43 bits per heavy atom. The quantitative estimate of drug-likeness (QED) is 0.738. The molecule has 1 N–H and O–H groups in total. The fourth-order valence-electron chi connectivity index (χ4n) is 4.42. The summed E-state index contributed by atoms with van der Waals surface area (Å²) in [6.45, 7) is 10.4. The van der Waals surface area contributed by atoms with Gasteiger partial charge in [0.15, 0.2) is 0 Å². The highest BCUT2D eigenvalue weighted by atomic mass is 35.5. The first-order valence-electron chi connectivity index (χ1n) is 10.7. The predicted molar refractivity (Wildman–Crippen MR) is 119 cm³/mol. The van der Waals surface area contributed by atoms with Crippen LogP contribution in [-0.4, -0.2) is 72.6 Å². The Hall–Kier alpha value is -1.34. The van der Waals surface area contributed by atoms with Crippen molar-refractivity contribution in [2.24, 2.45) is 5.92 Å². The number of benzene rings is 1. The fourth-order valence-corrected chi connectivity index (χ4v) is 4.81. The van der Waals surface area contributed by atoms with Crippen molar-refractivity contribution in [3.8, 4) is 0 Å². The van der Waals surface area contributed by atoms with Crippen LogP contribution in [0.5, 0.6) is 0 Å². The van der Waals surface area contributed by atoms with Gasteiger partial charge in [-0.1, -0.05) is 29.3 Å². The van der Waals surface area contributed by atoms with Crippen molar-refractivity contribution in [1.82, 2.24) is 15.1 Å². The van der Waals surface area contributed by atoms with Gasteiger partial charge in [-0.3, -0.25) is 14.5 Å². The highest BCUT2D eigenvalue weighted by molar-refractivity contribution is 6.43. The van der Waals surface area contributed by atoms with Crippen molar-refractivity contribution in [1.29, 1.82) is 0 Å². The monoisotopic (exact) mass is 455 g/mol. The van der Waals surface area contributed by atoms with Crippen molar-refractivity contribution < 1.29 is 14.3 Å². The number of hydrogen-bond donors (Lipinski definition) is 1. The summed E-state index contributed by atoms with van der Waals surface area (Å²) in [6.07, 6.45) is 2.50. The van der Waals surface area contributed by atoms with Crippen LogP contribution in [0.2, 0.25) is 10.0 Å². The van der Waals surface area contributed by atoms with E-state index in [2.05, 4.69) is 24.1 Å². The molecule has 3 unspecified atom stereocenters. The second-order valence-corrected chi connectivity index (χ2v) is 9.33. The van der Waals surface area contributed by atoms with Gasteiger partial charge in [0.05, 0.1) is 27.8 Å². The van der Waals surface area contributed by atoms with Crippen LogP contribution in [-0.2, 0) is 9.53 Å². The third-order valence-electron chi connectivity index (χ3n) is 5.85. The van der Waals surface area contributed by atoms with Gasteiger partial charge >= 0.3 is 0 Å². The molecule has 2 heterocycles. The molecule has 30 heavy (non-hydrogen) atoms. The van der Waals surface area contributed by atoms with Crippen molar-refractivity contribution >= 4 is 35.0 Å². The van der Waals surface area contributed by atoms with E-state index in [-0.39, 0.29) is 28.7 Å². The largest absolute Gasteiger partial charge is 0.373 e. The molecule has 3 atom stereocenters. The molecule has 0 saturated carbocycles. The lowest BCUT2D eigenvalue weighted by Gasteiger charge is -2.40. The Morgan fingerprint density at radius 2 is 1.80 bits per heavy atom. The van der Waals surface area contributed by atoms with Gasteiger partial charge in [0.25, 0.3) is 5.91 Å². The van der Waals surface area contributed by atoms with Crippen LogP contribution in [0.1, 0.15) is 44.0 Å². The lowest BCUT2D eigenvalue weighted by atomic mass is 9.95. The zero-order valence-electron chi connectivity index (χ0n) is 17.9. The molecule has 3 rings (SSSR count). The second-order valence-electron chi connectivity index (χ2n) is 8.54. The van der Waals surface area contributed by atoms with Gasteiger partial charge < -0.3 is 15.0 Å². The number of nitrogens with one attached hydrogen (secondary N) is 1. The maximum atomic E-state index is 12.8. The minimum absolute atomic E-state index is 0.0615. The van der Waals surface area contributed by atoms with Gasteiger partial charge in [-0.2, -0.15) is 0 Å². The number of halogens is 2. The SMILES string of the molecule is CC1CN(CC2CCN(C(=O)C(C)NC(=O)c3cccc(Cl)c3Cl)CC2)CC(C)O1. The molecule has 2 aliphatic heterocycles. The second kappa shape index (κ2) is 10.3. The zero-order chi connectivity index (χ0) is 21.8. The van der Waals surface area contributed by atoms with E-state index >= 15 is 0 Å². The zero-order valence-corrected chi connectivity index (χ0v) is 19.4. The first-order chi connectivity index (χ1) is 14.2. The molecule has 0 aliphatic carbocycles. The normalized spacial score (nSPS) is 24.5. The summed E-state index contributed by atoms with van der Waals surface area (Å²) in [5.41, 5.74) is 0.275. The van der Waals surface area contributed by atoms with Gasteiger partial charge in [-0.05, 0) is 51.7 Å². The Kier molecular flexibility index (Phi) is 8.02. The Bertz CT molecular complexity index is 758.